The summed E-state index contributed by atoms with van der Waals surface area (Å²) in [5.41, 5.74) is 6.30. The Labute approximate surface area is 123 Å². The average Bonchev–Trinajstić information content (AvgIpc) is 2.21. The zero-order valence-corrected chi connectivity index (χ0v) is 17.7. The molecule has 0 heterocycles. The van der Waals surface area contributed by atoms with E-state index >= 15 is 0 Å². The van der Waals surface area contributed by atoms with Crippen LogP contribution in [-0.4, -0.2) is 3.34 Å². The van der Waals surface area contributed by atoms with Gasteiger partial charge in [-0.25, -0.2) is 0 Å². The van der Waals surface area contributed by atoms with E-state index in [4.69, 9.17) is 0 Å². The van der Waals surface area contributed by atoms with Crippen molar-refractivity contribution in [1.29, 1.82) is 0 Å². The first-order valence-corrected chi connectivity index (χ1v) is 24.8. The Bertz CT molecular complexity index is 310. The van der Waals surface area contributed by atoms with Crippen molar-refractivity contribution in [3.05, 3.63) is 22.3 Å². The molecule has 0 radical (unpaired) electrons. The second-order valence-corrected chi connectivity index (χ2v) is 65.7. The van der Waals surface area contributed by atoms with Crippen LogP contribution < -0.4 is 0 Å². The molecule has 0 saturated carbocycles. The molecule has 0 amide bonds. The molecule has 0 aromatic carbocycles. The molecule has 14 heavy (non-hydrogen) atoms. The van der Waals surface area contributed by atoms with Gasteiger partial charge in [0.15, 0.2) is 0 Å². The summed E-state index contributed by atoms with van der Waals surface area (Å²) in [6.07, 6.45) is 0. The number of rotatable bonds is 1. The molecule has 0 unspecified atom stereocenters. The van der Waals surface area contributed by atoms with Gasteiger partial charge in [-0.1, -0.05) is 0 Å². The van der Waals surface area contributed by atoms with Crippen LogP contribution in [0.25, 0.3) is 0 Å². The quantitative estimate of drug-likeness (QED) is 0.274. The van der Waals surface area contributed by atoms with E-state index in [-0.39, 0.29) is 0 Å². The first kappa shape index (κ1) is 14.3. The van der Waals surface area contributed by atoms with Gasteiger partial charge in [0, 0.05) is 0 Å². The van der Waals surface area contributed by atoms with E-state index in [1.165, 1.54) is 11.1 Å². The van der Waals surface area contributed by atoms with E-state index in [1.54, 1.807) is 11.1 Å². The molecule has 0 nitrogen and oxygen atoms in total. The molecule has 0 bridgehead atoms. The number of allylic oxidation sites excluding steroid dienone is 4. The van der Waals surface area contributed by atoms with Crippen molar-refractivity contribution >= 4 is 64.0 Å². The topological polar surface area (TPSA) is 0 Å². The molecule has 0 saturated heterocycles. The Kier molecular flexibility index (Phi) is 4.56. The Morgan fingerprint density at radius 3 is 1.29 bits per heavy atom. The van der Waals surface area contributed by atoms with E-state index in [2.05, 4.69) is 95.3 Å². The fraction of sp³-hybridized carbons (Fsp3) is 0.600. The van der Waals surface area contributed by atoms with Gasteiger partial charge in [0.2, 0.25) is 0 Å². The van der Waals surface area contributed by atoms with Crippen LogP contribution in [0.4, 0.5) is 0 Å². The molecular weight excluding hydrogens is 573 g/mol. The Balaban J connectivity index is 3.42. The molecule has 80 valence electrons. The molecule has 0 N–H and O–H groups in total. The summed E-state index contributed by atoms with van der Waals surface area (Å²) in [6.45, 7) is 11.6. The van der Waals surface area contributed by atoms with Crippen molar-refractivity contribution in [1.82, 2.24) is 0 Å². The monoisotopic (exact) mass is 590 g/mol. The summed E-state index contributed by atoms with van der Waals surface area (Å²) in [7, 11) is 0. The van der Waals surface area contributed by atoms with Crippen LogP contribution >= 0.6 is 60.6 Å². The van der Waals surface area contributed by atoms with Crippen LogP contribution in [-0.2, 0) is 0 Å². The van der Waals surface area contributed by atoms with E-state index in [1.807, 2.05) is 0 Å². The third-order valence-corrected chi connectivity index (χ3v) is 24.5. The van der Waals surface area contributed by atoms with Gasteiger partial charge in [-0.2, -0.15) is 0 Å². The second kappa shape index (κ2) is 4.47. The third kappa shape index (κ3) is 2.00. The van der Waals surface area contributed by atoms with Crippen LogP contribution in [0.15, 0.2) is 22.3 Å². The minimum atomic E-state index is -1.78. The van der Waals surface area contributed by atoms with Gasteiger partial charge in [0.25, 0.3) is 0 Å². The third-order valence-electron chi connectivity index (χ3n) is 3.75. The van der Waals surface area contributed by atoms with Gasteiger partial charge < -0.3 is 0 Å². The van der Waals surface area contributed by atoms with Gasteiger partial charge in [-0.05, 0) is 0 Å². The Morgan fingerprint density at radius 2 is 1.14 bits per heavy atom. The molecule has 0 atom stereocenters. The molecule has 0 fully saturated rings. The first-order valence-electron chi connectivity index (χ1n) is 4.57. The van der Waals surface area contributed by atoms with Gasteiger partial charge >= 0.3 is 125 Å². The number of hydrogen-bond acceptors (Lipinski definition) is 0. The summed E-state index contributed by atoms with van der Waals surface area (Å²) >= 11 is 8.22. The van der Waals surface area contributed by atoms with Crippen LogP contribution in [0.3, 0.4) is 0 Å². The van der Waals surface area contributed by atoms with E-state index in [0.717, 1.165) is 0 Å². The fourth-order valence-electron chi connectivity index (χ4n) is 2.02. The Hall–Kier alpha value is 2.21. The van der Waals surface area contributed by atoms with Crippen LogP contribution in [0.2, 0.25) is 4.25 Å². The van der Waals surface area contributed by atoms with Gasteiger partial charge in [-0.3, -0.25) is 0 Å². The standard InChI is InChI=1S/C10H15GeI3/c1-6-7(2)9(4)10(5,8(6)3)11(12,13)14/h1-5H3. The van der Waals surface area contributed by atoms with Crippen molar-refractivity contribution in [2.45, 2.75) is 38.9 Å². The van der Waals surface area contributed by atoms with Crippen molar-refractivity contribution in [3.63, 3.8) is 0 Å². The van der Waals surface area contributed by atoms with E-state index in [0.29, 0.717) is 4.25 Å². The molecule has 1 rings (SSSR count). The normalized spacial score (nSPS) is 22.3. The van der Waals surface area contributed by atoms with Crippen molar-refractivity contribution in [2.24, 2.45) is 0 Å². The fourth-order valence-corrected chi connectivity index (χ4v) is 17.2. The zero-order valence-electron chi connectivity index (χ0n) is 9.13. The van der Waals surface area contributed by atoms with E-state index in [9.17, 15) is 0 Å². The molecule has 1 aliphatic rings. The van der Waals surface area contributed by atoms with E-state index < -0.39 is 3.34 Å². The minimum absolute atomic E-state index is 0.399. The predicted octanol–water partition coefficient (Wildman–Crippen LogP) is 5.68. The van der Waals surface area contributed by atoms with Crippen molar-refractivity contribution in [2.75, 3.05) is 0 Å². The number of hydrogen-bond donors (Lipinski definition) is 0. The molecular formula is C10H15GeI3. The average molecular weight is 589 g/mol. The predicted molar refractivity (Wildman–Crippen MR) is 92.9 cm³/mol. The maximum atomic E-state index is 2.74. The molecule has 0 spiro atoms. The van der Waals surface area contributed by atoms with Crippen LogP contribution in [0.1, 0.15) is 34.6 Å². The van der Waals surface area contributed by atoms with Crippen LogP contribution in [0.5, 0.6) is 0 Å². The first-order chi connectivity index (χ1) is 6.14. The maximum absolute atomic E-state index is 2.74. The molecule has 4 heteroatoms. The Morgan fingerprint density at radius 1 is 0.857 bits per heavy atom. The summed E-state index contributed by atoms with van der Waals surface area (Å²) in [4.78, 5) is 0. The molecule has 0 aliphatic heterocycles. The molecule has 1 aliphatic carbocycles. The van der Waals surface area contributed by atoms with Gasteiger partial charge in [0.1, 0.15) is 0 Å². The summed E-state index contributed by atoms with van der Waals surface area (Å²) in [5, 5.41) is 0. The second-order valence-electron chi connectivity index (χ2n) is 4.12. The number of halogens is 3. The summed E-state index contributed by atoms with van der Waals surface area (Å²) in [6, 6.07) is 0. The van der Waals surface area contributed by atoms with Crippen molar-refractivity contribution in [3.8, 4) is 0 Å². The zero-order chi connectivity index (χ0) is 11.3. The van der Waals surface area contributed by atoms with Crippen molar-refractivity contribution < 1.29 is 0 Å². The van der Waals surface area contributed by atoms with Gasteiger partial charge in [0.05, 0.1) is 0 Å². The summed E-state index contributed by atoms with van der Waals surface area (Å²) < 4.78 is -1.38. The van der Waals surface area contributed by atoms with Gasteiger partial charge in [-0.15, -0.1) is 0 Å². The molecule has 0 aromatic heterocycles. The molecule has 0 aromatic rings. The summed E-state index contributed by atoms with van der Waals surface area (Å²) in [5.74, 6) is 0. The van der Waals surface area contributed by atoms with Crippen LogP contribution in [0, 0.1) is 0 Å². The SMILES string of the molecule is CC1=C(C)[C](C)([Ge]([I])([I])[I])C(C)=C1C.